The summed E-state index contributed by atoms with van der Waals surface area (Å²) in [6, 6.07) is 11.8. The topological polar surface area (TPSA) is 83.8 Å². The van der Waals surface area contributed by atoms with E-state index >= 15 is 0 Å². The molecule has 0 atom stereocenters. The van der Waals surface area contributed by atoms with Gasteiger partial charge < -0.3 is 14.9 Å². The van der Waals surface area contributed by atoms with Gasteiger partial charge in [-0.1, -0.05) is 54.6 Å². The molecule has 2 aromatic carbocycles. The van der Waals surface area contributed by atoms with Gasteiger partial charge in [-0.05, 0) is 5.56 Å². The largest absolute Gasteiger partial charge is 0.346 e. The zero-order valence-electron chi connectivity index (χ0n) is 12.1. The van der Waals surface area contributed by atoms with Gasteiger partial charge >= 0.3 is 0 Å². The first-order valence-corrected chi connectivity index (χ1v) is 7.05. The van der Waals surface area contributed by atoms with Crippen molar-refractivity contribution >= 4 is 17.6 Å². The van der Waals surface area contributed by atoms with Crippen LogP contribution in [0.5, 0.6) is 0 Å². The molecule has 1 aliphatic rings. The molecule has 5 heteroatoms. The van der Waals surface area contributed by atoms with E-state index in [0.29, 0.717) is 27.8 Å². The number of rotatable bonds is 4. The number of hydrogen-bond acceptors (Lipinski definition) is 5. The van der Waals surface area contributed by atoms with Crippen molar-refractivity contribution in [2.45, 2.75) is 6.48 Å². The van der Waals surface area contributed by atoms with Crippen LogP contribution in [0.1, 0.15) is 37.4 Å². The fourth-order valence-electron chi connectivity index (χ4n) is 2.63. The van der Waals surface area contributed by atoms with E-state index in [1.165, 1.54) is 0 Å². The number of benzene rings is 2. The molecule has 0 fully saturated rings. The lowest BCUT2D eigenvalue weighted by Crippen LogP contribution is -2.21. The molecule has 0 amide bonds. The van der Waals surface area contributed by atoms with Crippen LogP contribution in [0.4, 0.5) is 0 Å². The molecule has 23 heavy (non-hydrogen) atoms. The maximum atomic E-state index is 12.7. The summed E-state index contributed by atoms with van der Waals surface area (Å²) in [6.07, 6.45) is 3.17. The molecule has 3 rings (SSSR count). The first-order chi connectivity index (χ1) is 11.1. The Morgan fingerprint density at radius 2 is 1.57 bits per heavy atom. The number of ketones is 2. The molecule has 0 spiro atoms. The average Bonchev–Trinajstić information content (AvgIpc) is 2.56. The van der Waals surface area contributed by atoms with Gasteiger partial charge in [0.1, 0.15) is 0 Å². The minimum absolute atomic E-state index is 0.0277. The normalized spacial score (nSPS) is 13.5. The fourth-order valence-corrected chi connectivity index (χ4v) is 2.63. The Balaban J connectivity index is 2.01. The summed E-state index contributed by atoms with van der Waals surface area (Å²) < 4.78 is 4.58. The van der Waals surface area contributed by atoms with Crippen molar-refractivity contribution in [2.24, 2.45) is 0 Å². The average molecular weight is 310 g/mol. The molecule has 0 aromatic heterocycles. The Kier molecular flexibility index (Phi) is 4.16. The number of ether oxygens (including phenoxy) is 1. The summed E-state index contributed by atoms with van der Waals surface area (Å²) in [5.74, 6) is -0.369. The van der Waals surface area contributed by atoms with Crippen molar-refractivity contribution in [3.05, 3.63) is 76.4 Å². The first kappa shape index (κ1) is 15.3. The molecule has 0 heterocycles. The molecule has 2 N–H and O–H groups in total. The van der Waals surface area contributed by atoms with Crippen LogP contribution in [0.25, 0.3) is 6.08 Å². The van der Waals surface area contributed by atoms with Crippen LogP contribution in [0, 0.1) is 0 Å². The smallest absolute Gasteiger partial charge is 0.266 e. The van der Waals surface area contributed by atoms with Crippen molar-refractivity contribution in [3.8, 4) is 0 Å². The monoisotopic (exact) mass is 310 g/mol. The lowest BCUT2D eigenvalue weighted by molar-refractivity contribution is -0.227. The molecule has 0 radical (unpaired) electrons. The number of aliphatic hydroxyl groups is 2. The van der Waals surface area contributed by atoms with E-state index in [4.69, 9.17) is 10.2 Å². The van der Waals surface area contributed by atoms with Crippen LogP contribution in [-0.2, 0) is 4.74 Å². The Bertz CT molecular complexity index is 805. The quantitative estimate of drug-likeness (QED) is 0.717. The maximum Gasteiger partial charge on any atom is 0.266 e. The highest BCUT2D eigenvalue weighted by atomic mass is 16.7. The standard InChI is InChI=1S/C18H14O5/c19-16-12-7-1-2-8-13(12)17(20)15-11(5-3-9-14(15)16)6-4-10-23-18(21)22/h1-9,18,21-22H,10H2. The van der Waals surface area contributed by atoms with Gasteiger partial charge in [0.05, 0.1) is 6.61 Å². The van der Waals surface area contributed by atoms with Gasteiger partial charge in [0.25, 0.3) is 6.48 Å². The number of carbonyl (C=O) groups excluding carboxylic acids is 2. The Morgan fingerprint density at radius 3 is 2.26 bits per heavy atom. The van der Waals surface area contributed by atoms with Gasteiger partial charge in [-0.15, -0.1) is 0 Å². The Morgan fingerprint density at radius 1 is 0.913 bits per heavy atom. The summed E-state index contributed by atoms with van der Waals surface area (Å²) in [5, 5.41) is 17.3. The third-order valence-corrected chi connectivity index (χ3v) is 3.62. The minimum atomic E-state index is -1.85. The summed E-state index contributed by atoms with van der Waals surface area (Å²) in [7, 11) is 0. The molecular weight excluding hydrogens is 296 g/mol. The van der Waals surface area contributed by atoms with Gasteiger partial charge in [0.2, 0.25) is 0 Å². The Hall–Kier alpha value is -2.60. The van der Waals surface area contributed by atoms with E-state index in [1.54, 1.807) is 54.6 Å². The molecule has 0 aliphatic heterocycles. The van der Waals surface area contributed by atoms with E-state index in [2.05, 4.69) is 4.74 Å². The lowest BCUT2D eigenvalue weighted by atomic mass is 9.82. The summed E-state index contributed by atoms with van der Waals surface area (Å²) >= 11 is 0. The Labute approximate surface area is 132 Å². The summed E-state index contributed by atoms with van der Waals surface area (Å²) in [5.41, 5.74) is 2.13. The highest BCUT2D eigenvalue weighted by Crippen LogP contribution is 2.29. The number of aliphatic hydroxyl groups excluding tert-OH is 1. The summed E-state index contributed by atoms with van der Waals surface area (Å²) in [4.78, 5) is 25.3. The predicted octanol–water partition coefficient (Wildman–Crippen LogP) is 1.76. The van der Waals surface area contributed by atoms with Gasteiger partial charge in [-0.25, -0.2) is 0 Å². The van der Waals surface area contributed by atoms with Crippen LogP contribution in [-0.4, -0.2) is 34.9 Å². The van der Waals surface area contributed by atoms with E-state index in [9.17, 15) is 9.59 Å². The van der Waals surface area contributed by atoms with E-state index in [-0.39, 0.29) is 18.2 Å². The molecule has 1 aliphatic carbocycles. The van der Waals surface area contributed by atoms with Crippen LogP contribution in [0.15, 0.2) is 48.5 Å². The maximum absolute atomic E-state index is 12.7. The van der Waals surface area contributed by atoms with Gasteiger partial charge in [-0.2, -0.15) is 0 Å². The van der Waals surface area contributed by atoms with Crippen molar-refractivity contribution in [3.63, 3.8) is 0 Å². The van der Waals surface area contributed by atoms with Crippen molar-refractivity contribution < 1.29 is 24.5 Å². The third kappa shape index (κ3) is 2.85. The molecule has 0 unspecified atom stereocenters. The second-order valence-electron chi connectivity index (χ2n) is 5.04. The predicted molar refractivity (Wildman–Crippen MR) is 83.0 cm³/mol. The molecule has 5 nitrogen and oxygen atoms in total. The van der Waals surface area contributed by atoms with Crippen LogP contribution < -0.4 is 0 Å². The fraction of sp³-hybridized carbons (Fsp3) is 0.111. The van der Waals surface area contributed by atoms with Crippen molar-refractivity contribution in [1.29, 1.82) is 0 Å². The van der Waals surface area contributed by atoms with Crippen molar-refractivity contribution in [2.75, 3.05) is 6.61 Å². The van der Waals surface area contributed by atoms with E-state index < -0.39 is 6.48 Å². The molecule has 0 bridgehead atoms. The second kappa shape index (κ2) is 6.26. The molecule has 116 valence electrons. The van der Waals surface area contributed by atoms with Gasteiger partial charge in [0, 0.05) is 22.3 Å². The number of hydrogen-bond donors (Lipinski definition) is 2. The molecular formula is C18H14O5. The van der Waals surface area contributed by atoms with Crippen LogP contribution >= 0.6 is 0 Å². The van der Waals surface area contributed by atoms with Crippen LogP contribution in [0.3, 0.4) is 0 Å². The SMILES string of the molecule is O=C1c2ccccc2C(=O)c2c(C=CCOC(O)O)cccc21. The van der Waals surface area contributed by atoms with Gasteiger partial charge in [0.15, 0.2) is 11.6 Å². The molecule has 0 saturated carbocycles. The molecule has 0 saturated heterocycles. The minimum Gasteiger partial charge on any atom is -0.346 e. The molecule has 2 aromatic rings. The zero-order valence-corrected chi connectivity index (χ0v) is 12.1. The van der Waals surface area contributed by atoms with E-state index in [0.717, 1.165) is 0 Å². The summed E-state index contributed by atoms with van der Waals surface area (Å²) in [6.45, 7) is -1.88. The van der Waals surface area contributed by atoms with Crippen LogP contribution in [0.2, 0.25) is 0 Å². The van der Waals surface area contributed by atoms with Crippen molar-refractivity contribution in [1.82, 2.24) is 0 Å². The highest BCUT2D eigenvalue weighted by molar-refractivity contribution is 6.29. The second-order valence-corrected chi connectivity index (χ2v) is 5.04. The number of carbonyl (C=O) groups is 2. The van der Waals surface area contributed by atoms with E-state index in [1.807, 2.05) is 0 Å². The lowest BCUT2D eigenvalue weighted by Gasteiger charge is -2.18. The third-order valence-electron chi connectivity index (χ3n) is 3.62. The van der Waals surface area contributed by atoms with Gasteiger partial charge in [-0.3, -0.25) is 9.59 Å². The zero-order chi connectivity index (χ0) is 16.4. The first-order valence-electron chi connectivity index (χ1n) is 7.05. The number of fused-ring (bicyclic) bond motifs is 2. The highest BCUT2D eigenvalue weighted by Gasteiger charge is 2.30.